The Morgan fingerprint density at radius 2 is 1.96 bits per heavy atom. The van der Waals surface area contributed by atoms with Crippen LogP contribution >= 0.6 is 11.6 Å². The summed E-state index contributed by atoms with van der Waals surface area (Å²) in [6.45, 7) is 10.3. The van der Waals surface area contributed by atoms with Gasteiger partial charge in [-0.3, -0.25) is 9.69 Å². The molecule has 0 saturated carbocycles. The van der Waals surface area contributed by atoms with E-state index in [2.05, 4.69) is 25.7 Å². The molecule has 0 N–H and O–H groups in total. The zero-order valence-electron chi connectivity index (χ0n) is 16.4. The number of halogens is 1. The number of carbonyl (C=O) groups excluding carboxylic acids is 1. The van der Waals surface area contributed by atoms with Crippen LogP contribution in [0.15, 0.2) is 24.3 Å². The predicted molar refractivity (Wildman–Crippen MR) is 108 cm³/mol. The average Bonchev–Trinajstić information content (AvgIpc) is 3.12. The monoisotopic (exact) mass is 380 g/mol. The summed E-state index contributed by atoms with van der Waals surface area (Å²) in [7, 11) is 0. The number of hydrogen-bond acceptors (Lipinski definition) is 3. The van der Waals surface area contributed by atoms with E-state index in [0.717, 1.165) is 57.5 Å². The molecule has 0 radical (unpaired) electrons. The molecule has 1 aromatic rings. The molecule has 1 aromatic carbocycles. The van der Waals surface area contributed by atoms with Crippen LogP contribution in [0.1, 0.15) is 58.1 Å². The maximum Gasteiger partial charge on any atom is 0.244 e. The van der Waals surface area contributed by atoms with Crippen molar-refractivity contribution in [3.8, 4) is 0 Å². The van der Waals surface area contributed by atoms with Crippen LogP contribution in [-0.4, -0.2) is 54.6 Å². The molecule has 1 amide bonds. The smallest absolute Gasteiger partial charge is 0.244 e. The number of benzene rings is 1. The first-order valence-corrected chi connectivity index (χ1v) is 10.4. The fourth-order valence-electron chi connectivity index (χ4n) is 3.67. The van der Waals surface area contributed by atoms with Crippen molar-refractivity contribution >= 4 is 17.5 Å². The quantitative estimate of drug-likeness (QED) is 0.559. The number of rotatable bonds is 10. The van der Waals surface area contributed by atoms with Gasteiger partial charge >= 0.3 is 0 Å². The molecule has 1 saturated heterocycles. The molecule has 1 aliphatic heterocycles. The van der Waals surface area contributed by atoms with Crippen molar-refractivity contribution in [2.45, 2.75) is 58.5 Å². The molecular weight excluding hydrogens is 348 g/mol. The molecular formula is C21H33ClN2O2. The zero-order chi connectivity index (χ0) is 18.9. The van der Waals surface area contributed by atoms with E-state index < -0.39 is 0 Å². The number of likely N-dealkylation sites (tertiary alicyclic amines) is 1. The molecule has 2 rings (SSSR count). The highest BCUT2D eigenvalue weighted by Gasteiger charge is 2.36. The molecule has 0 spiro atoms. The molecule has 4 nitrogen and oxygen atoms in total. The first kappa shape index (κ1) is 21.2. The van der Waals surface area contributed by atoms with Gasteiger partial charge < -0.3 is 9.64 Å². The van der Waals surface area contributed by atoms with E-state index in [9.17, 15) is 4.79 Å². The highest BCUT2D eigenvalue weighted by atomic mass is 35.5. The summed E-state index contributed by atoms with van der Waals surface area (Å²) >= 11 is 6.05. The second-order valence-electron chi connectivity index (χ2n) is 6.93. The van der Waals surface area contributed by atoms with Gasteiger partial charge in [0.2, 0.25) is 5.91 Å². The minimum Gasteiger partial charge on any atom is -0.379 e. The van der Waals surface area contributed by atoms with Crippen LogP contribution in [0.2, 0.25) is 5.02 Å². The Hall–Kier alpha value is -1.10. The van der Waals surface area contributed by atoms with Gasteiger partial charge in [-0.05, 0) is 50.0 Å². The van der Waals surface area contributed by atoms with Crippen molar-refractivity contribution in [3.05, 3.63) is 34.9 Å². The number of hydrogen-bond donors (Lipinski definition) is 0. The van der Waals surface area contributed by atoms with Gasteiger partial charge in [-0.15, -0.1) is 0 Å². The molecule has 146 valence electrons. The lowest BCUT2D eigenvalue weighted by Gasteiger charge is -2.34. The number of likely N-dealkylation sites (N-methyl/N-ethyl adjacent to an activating group) is 1. The summed E-state index contributed by atoms with van der Waals surface area (Å²) in [5, 5.41) is 0.697. The second-order valence-corrected chi connectivity index (χ2v) is 7.37. The average molecular weight is 381 g/mol. The predicted octanol–water partition coefficient (Wildman–Crippen LogP) is 4.53. The Kier molecular flexibility index (Phi) is 8.89. The van der Waals surface area contributed by atoms with E-state index in [4.69, 9.17) is 16.3 Å². The summed E-state index contributed by atoms with van der Waals surface area (Å²) in [6, 6.07) is 7.65. The van der Waals surface area contributed by atoms with Crippen molar-refractivity contribution in [3.63, 3.8) is 0 Å². The normalized spacial score (nSPS) is 18.5. The third-order valence-electron chi connectivity index (χ3n) is 5.21. The molecule has 1 heterocycles. The molecule has 2 atom stereocenters. The minimum atomic E-state index is -0.251. The Morgan fingerprint density at radius 3 is 2.58 bits per heavy atom. The van der Waals surface area contributed by atoms with E-state index in [-0.39, 0.29) is 18.0 Å². The lowest BCUT2D eigenvalue weighted by molar-refractivity contribution is -0.139. The van der Waals surface area contributed by atoms with E-state index in [1.807, 2.05) is 29.2 Å². The van der Waals surface area contributed by atoms with Crippen LogP contribution in [-0.2, 0) is 9.53 Å². The first-order valence-electron chi connectivity index (χ1n) is 10.00. The molecule has 0 aromatic heterocycles. The highest BCUT2D eigenvalue weighted by Crippen LogP contribution is 2.28. The van der Waals surface area contributed by atoms with E-state index in [0.29, 0.717) is 11.6 Å². The molecule has 26 heavy (non-hydrogen) atoms. The summed E-state index contributed by atoms with van der Waals surface area (Å²) in [6.07, 6.45) is 4.30. The fourth-order valence-corrected chi connectivity index (χ4v) is 3.79. The third kappa shape index (κ3) is 5.45. The van der Waals surface area contributed by atoms with Gasteiger partial charge in [0, 0.05) is 18.2 Å². The van der Waals surface area contributed by atoms with E-state index >= 15 is 0 Å². The summed E-state index contributed by atoms with van der Waals surface area (Å²) in [5.74, 6) is 0.192. The number of nitrogens with zero attached hydrogens (tertiary/aromatic N) is 2. The van der Waals surface area contributed by atoms with Crippen LogP contribution in [0.3, 0.4) is 0 Å². The second kappa shape index (κ2) is 10.9. The maximum atomic E-state index is 13.5. The standard InChI is InChI=1S/C21H33ClN2O2/c1-4-7-15-26-16-19-9-8-14-24(19)21(25)20(23(5-2)6-3)17-10-12-18(22)13-11-17/h10-13,19-20H,4-9,14-16H2,1-3H3/t19-,20-/m0/s1. The number of ether oxygens (including phenoxy) is 1. The van der Waals surface area contributed by atoms with Gasteiger partial charge in [0.1, 0.15) is 6.04 Å². The Morgan fingerprint density at radius 1 is 1.27 bits per heavy atom. The molecule has 0 aliphatic carbocycles. The van der Waals surface area contributed by atoms with Gasteiger partial charge in [0.25, 0.3) is 0 Å². The highest BCUT2D eigenvalue weighted by molar-refractivity contribution is 6.30. The van der Waals surface area contributed by atoms with Gasteiger partial charge in [-0.2, -0.15) is 0 Å². The van der Waals surface area contributed by atoms with E-state index in [1.54, 1.807) is 0 Å². The number of unbranched alkanes of at least 4 members (excludes halogenated alkanes) is 1. The van der Waals surface area contributed by atoms with Crippen LogP contribution in [0.4, 0.5) is 0 Å². The van der Waals surface area contributed by atoms with Crippen molar-refractivity contribution in [2.24, 2.45) is 0 Å². The maximum absolute atomic E-state index is 13.5. The van der Waals surface area contributed by atoms with Crippen LogP contribution in [0.25, 0.3) is 0 Å². The summed E-state index contributed by atoms with van der Waals surface area (Å²) < 4.78 is 5.83. The van der Waals surface area contributed by atoms with Gasteiger partial charge in [-0.25, -0.2) is 0 Å². The molecule has 1 aliphatic rings. The molecule has 5 heteroatoms. The molecule has 0 bridgehead atoms. The molecule has 0 unspecified atom stereocenters. The summed E-state index contributed by atoms with van der Waals surface area (Å²) in [4.78, 5) is 17.8. The van der Waals surface area contributed by atoms with Crippen molar-refractivity contribution < 1.29 is 9.53 Å². The van der Waals surface area contributed by atoms with Gasteiger partial charge in [0.05, 0.1) is 12.6 Å². The Bertz CT molecular complexity index is 545. The Balaban J connectivity index is 2.15. The van der Waals surface area contributed by atoms with Gasteiger partial charge in [-0.1, -0.05) is 50.9 Å². The minimum absolute atomic E-state index is 0.192. The van der Waals surface area contributed by atoms with Crippen molar-refractivity contribution in [1.82, 2.24) is 9.80 Å². The number of amides is 1. The largest absolute Gasteiger partial charge is 0.379 e. The van der Waals surface area contributed by atoms with E-state index in [1.165, 1.54) is 0 Å². The van der Waals surface area contributed by atoms with Gasteiger partial charge in [0.15, 0.2) is 0 Å². The van der Waals surface area contributed by atoms with Crippen molar-refractivity contribution in [2.75, 3.05) is 32.8 Å². The Labute approximate surface area is 163 Å². The SMILES string of the molecule is CCCCOC[C@@H]1CCCN1C(=O)[C@H](c1ccc(Cl)cc1)N(CC)CC. The molecule has 1 fully saturated rings. The van der Waals surface area contributed by atoms with Crippen LogP contribution in [0, 0.1) is 0 Å². The summed E-state index contributed by atoms with van der Waals surface area (Å²) in [5.41, 5.74) is 1.01. The zero-order valence-corrected chi connectivity index (χ0v) is 17.2. The van der Waals surface area contributed by atoms with Crippen molar-refractivity contribution in [1.29, 1.82) is 0 Å². The van der Waals surface area contributed by atoms with Crippen LogP contribution in [0.5, 0.6) is 0 Å². The van der Waals surface area contributed by atoms with Crippen LogP contribution < -0.4 is 0 Å². The third-order valence-corrected chi connectivity index (χ3v) is 5.46. The number of carbonyl (C=O) groups is 1. The lowest BCUT2D eigenvalue weighted by Crippen LogP contribution is -2.46. The topological polar surface area (TPSA) is 32.8 Å². The lowest BCUT2D eigenvalue weighted by atomic mass is 10.0. The fraction of sp³-hybridized carbons (Fsp3) is 0.667. The first-order chi connectivity index (χ1) is 12.6.